The van der Waals surface area contributed by atoms with Gasteiger partial charge in [-0.2, -0.15) is 12.8 Å². The van der Waals surface area contributed by atoms with Gasteiger partial charge in [-0.05, 0) is 47.6 Å². The highest BCUT2D eigenvalue weighted by atomic mass is 32.2. The van der Waals surface area contributed by atoms with Gasteiger partial charge >= 0.3 is 0 Å². The fourth-order valence-corrected chi connectivity index (χ4v) is 4.50. The van der Waals surface area contributed by atoms with Gasteiger partial charge in [0, 0.05) is 11.6 Å². The van der Waals surface area contributed by atoms with Crippen LogP contribution < -0.4 is 10.4 Å². The molecule has 0 radical (unpaired) electrons. The van der Waals surface area contributed by atoms with E-state index in [1.165, 1.54) is 6.21 Å². The zero-order chi connectivity index (χ0) is 19.8. The minimum atomic E-state index is -3.76. The van der Waals surface area contributed by atoms with Crippen LogP contribution in [0.5, 0.6) is 0 Å². The van der Waals surface area contributed by atoms with Crippen molar-refractivity contribution >= 4 is 27.9 Å². The molecular formula is C24H21NO2S. The number of fused-ring (bicyclic) bond motifs is 1. The van der Waals surface area contributed by atoms with Crippen LogP contribution in [0.2, 0.25) is 0 Å². The average molecular weight is 388 g/mol. The first-order valence-electron chi connectivity index (χ1n) is 9.15. The number of nitrogens with zero attached hydrogens (tertiary/aromatic N) is 1. The molecule has 0 heterocycles. The minimum absolute atomic E-state index is 0.201. The lowest BCUT2D eigenvalue weighted by Gasteiger charge is -2.25. The molecule has 1 atom stereocenters. The number of sulfonamides is 1. The third-order valence-corrected chi connectivity index (χ3v) is 6.52. The van der Waals surface area contributed by atoms with Gasteiger partial charge in [-0.3, -0.25) is 0 Å². The summed E-state index contributed by atoms with van der Waals surface area (Å²) in [6.07, 6.45) is 3.70. The fourth-order valence-electron chi connectivity index (χ4n) is 3.66. The highest BCUT2D eigenvalue weighted by Crippen LogP contribution is 2.35. The average Bonchev–Trinajstić information content (AvgIpc) is 3.00. The molecule has 1 aliphatic rings. The van der Waals surface area contributed by atoms with E-state index in [9.17, 15) is 8.42 Å². The molecule has 0 fully saturated rings. The number of benzene rings is 3. The van der Waals surface area contributed by atoms with Crippen molar-refractivity contribution in [3.05, 3.63) is 100 Å². The zero-order valence-corrected chi connectivity index (χ0v) is 16.6. The fraction of sp³-hybridized carbons (Fsp3) is 0.125. The molecular weight excluding hydrogens is 366 g/mol. The highest BCUT2D eigenvalue weighted by molar-refractivity contribution is 7.90. The largest absolute Gasteiger partial charge is 0.282 e. The van der Waals surface area contributed by atoms with Gasteiger partial charge in [0.05, 0.1) is 4.90 Å². The van der Waals surface area contributed by atoms with Crippen LogP contribution in [0.4, 0.5) is 0 Å². The Morgan fingerprint density at radius 1 is 0.857 bits per heavy atom. The molecule has 1 unspecified atom stereocenters. The van der Waals surface area contributed by atoms with Crippen molar-refractivity contribution in [1.29, 1.82) is 0 Å². The highest BCUT2D eigenvalue weighted by Gasteiger charge is 2.32. The number of rotatable bonds is 4. The Labute approximate surface area is 165 Å². The van der Waals surface area contributed by atoms with Crippen molar-refractivity contribution in [2.24, 2.45) is 4.40 Å². The van der Waals surface area contributed by atoms with Gasteiger partial charge in [-0.15, -0.1) is 0 Å². The quantitative estimate of drug-likeness (QED) is 0.645. The molecule has 0 spiro atoms. The van der Waals surface area contributed by atoms with Gasteiger partial charge in [0.1, 0.15) is 0 Å². The molecule has 0 N–H and O–H groups in total. The molecule has 3 aromatic rings. The standard InChI is InChI=1S/C24H21NO2S/c1-18-12-14-21(15-13-18)28(26,27)25-17-23-22-11-7-6-8-19(22)16-24(23,2)20-9-4-3-5-10-20/h3-17H,1-2H3/b25-17+. The summed E-state index contributed by atoms with van der Waals surface area (Å²) in [6, 6.07) is 24.9. The molecule has 3 nitrogen and oxygen atoms in total. The Morgan fingerprint density at radius 2 is 1.50 bits per heavy atom. The van der Waals surface area contributed by atoms with Crippen molar-refractivity contribution < 1.29 is 8.42 Å². The maximum Gasteiger partial charge on any atom is 0.282 e. The van der Waals surface area contributed by atoms with Crippen LogP contribution in [0.25, 0.3) is 11.6 Å². The normalized spacial score (nSPS) is 18.9. The van der Waals surface area contributed by atoms with Crippen LogP contribution in [0.3, 0.4) is 0 Å². The van der Waals surface area contributed by atoms with Crippen LogP contribution in [0, 0.1) is 6.92 Å². The van der Waals surface area contributed by atoms with Crippen molar-refractivity contribution in [2.75, 3.05) is 0 Å². The molecule has 4 rings (SSSR count). The Kier molecular flexibility index (Phi) is 4.52. The van der Waals surface area contributed by atoms with E-state index in [0.29, 0.717) is 0 Å². The third-order valence-electron chi connectivity index (χ3n) is 5.27. The van der Waals surface area contributed by atoms with Crippen LogP contribution >= 0.6 is 0 Å². The second-order valence-corrected chi connectivity index (χ2v) is 8.87. The SMILES string of the molecule is Cc1ccc(S(=O)(=O)/N=C/C2=c3ccccc3=CC2(C)c2ccccc2)cc1. The van der Waals surface area contributed by atoms with E-state index in [1.54, 1.807) is 24.3 Å². The zero-order valence-electron chi connectivity index (χ0n) is 15.8. The van der Waals surface area contributed by atoms with Crippen molar-refractivity contribution in [3.63, 3.8) is 0 Å². The Morgan fingerprint density at radius 3 is 2.21 bits per heavy atom. The summed E-state index contributed by atoms with van der Waals surface area (Å²) in [4.78, 5) is 0.201. The maximum absolute atomic E-state index is 12.7. The molecule has 0 saturated heterocycles. The summed E-state index contributed by atoms with van der Waals surface area (Å²) in [5.74, 6) is 0. The Bertz CT molecular complexity index is 1270. The summed E-state index contributed by atoms with van der Waals surface area (Å²) in [7, 11) is -3.76. The van der Waals surface area contributed by atoms with E-state index < -0.39 is 15.4 Å². The number of aryl methyl sites for hydroxylation is 1. The van der Waals surface area contributed by atoms with Crippen LogP contribution in [0.1, 0.15) is 18.1 Å². The molecule has 140 valence electrons. The van der Waals surface area contributed by atoms with Crippen molar-refractivity contribution in [1.82, 2.24) is 0 Å². The molecule has 0 saturated carbocycles. The molecule has 4 heteroatoms. The first kappa shape index (κ1) is 18.4. The van der Waals surface area contributed by atoms with Crippen molar-refractivity contribution in [2.45, 2.75) is 24.2 Å². The Balaban J connectivity index is 1.86. The third kappa shape index (κ3) is 3.20. The van der Waals surface area contributed by atoms with E-state index in [4.69, 9.17) is 0 Å². The van der Waals surface area contributed by atoms with Gasteiger partial charge in [-0.25, -0.2) is 0 Å². The summed E-state index contributed by atoms with van der Waals surface area (Å²) in [6.45, 7) is 4.02. The van der Waals surface area contributed by atoms with E-state index >= 15 is 0 Å². The lowest BCUT2D eigenvalue weighted by Crippen LogP contribution is -2.25. The van der Waals surface area contributed by atoms with E-state index in [2.05, 4.69) is 29.5 Å². The summed E-state index contributed by atoms with van der Waals surface area (Å²) in [5.41, 5.74) is 2.54. The van der Waals surface area contributed by atoms with E-state index in [-0.39, 0.29) is 4.90 Å². The lowest BCUT2D eigenvalue weighted by molar-refractivity contribution is 0.598. The second-order valence-electron chi connectivity index (χ2n) is 7.24. The minimum Gasteiger partial charge on any atom is -0.199 e. The monoisotopic (exact) mass is 387 g/mol. The predicted molar refractivity (Wildman–Crippen MR) is 114 cm³/mol. The lowest BCUT2D eigenvalue weighted by atomic mass is 9.78. The first-order valence-corrected chi connectivity index (χ1v) is 10.6. The van der Waals surface area contributed by atoms with E-state index in [0.717, 1.165) is 27.1 Å². The molecule has 0 aliphatic heterocycles. The van der Waals surface area contributed by atoms with Gasteiger partial charge in [0.25, 0.3) is 10.0 Å². The first-order chi connectivity index (χ1) is 13.4. The maximum atomic E-state index is 12.7. The molecule has 0 bridgehead atoms. The van der Waals surface area contributed by atoms with Gasteiger partial charge in [0.2, 0.25) is 0 Å². The molecule has 0 amide bonds. The smallest absolute Gasteiger partial charge is 0.199 e. The molecule has 1 aliphatic carbocycles. The molecule has 28 heavy (non-hydrogen) atoms. The summed E-state index contributed by atoms with van der Waals surface area (Å²) < 4.78 is 29.5. The molecule has 3 aromatic carbocycles. The number of hydrogen-bond acceptors (Lipinski definition) is 2. The Hall–Kier alpha value is -2.98. The second kappa shape index (κ2) is 6.88. The number of hydrogen-bond donors (Lipinski definition) is 0. The van der Waals surface area contributed by atoms with Gasteiger partial charge in [0.15, 0.2) is 0 Å². The predicted octanol–water partition coefficient (Wildman–Crippen LogP) is 3.36. The van der Waals surface area contributed by atoms with E-state index in [1.807, 2.05) is 49.4 Å². The summed E-state index contributed by atoms with van der Waals surface area (Å²) >= 11 is 0. The van der Waals surface area contributed by atoms with Gasteiger partial charge in [-0.1, -0.05) is 78.4 Å². The topological polar surface area (TPSA) is 46.5 Å². The van der Waals surface area contributed by atoms with Crippen LogP contribution in [-0.2, 0) is 15.4 Å². The van der Waals surface area contributed by atoms with Crippen LogP contribution in [0.15, 0.2) is 88.2 Å². The molecule has 0 aromatic heterocycles. The summed E-state index contributed by atoms with van der Waals surface area (Å²) in [5, 5.41) is 2.10. The van der Waals surface area contributed by atoms with Gasteiger partial charge < -0.3 is 0 Å². The van der Waals surface area contributed by atoms with Crippen molar-refractivity contribution in [3.8, 4) is 0 Å². The van der Waals surface area contributed by atoms with Crippen LogP contribution in [-0.4, -0.2) is 14.6 Å².